The van der Waals surface area contributed by atoms with E-state index < -0.39 is 5.97 Å². The molecule has 1 aromatic rings. The first-order chi connectivity index (χ1) is 9.06. The molecule has 0 spiro atoms. The van der Waals surface area contributed by atoms with Gasteiger partial charge < -0.3 is 15.3 Å². The number of hydrogen-bond acceptors (Lipinski definition) is 3. The normalized spacial score (nSPS) is 17.4. The summed E-state index contributed by atoms with van der Waals surface area (Å²) in [5, 5.41) is 12.4. The number of anilines is 1. The van der Waals surface area contributed by atoms with Crippen molar-refractivity contribution in [3.05, 3.63) is 29.3 Å². The molecule has 1 aliphatic rings. The molecular formula is C15H22N2O2. The Hall–Kier alpha value is -1.55. The van der Waals surface area contributed by atoms with E-state index in [1.807, 2.05) is 13.0 Å². The number of aromatic carboxylic acids is 1. The highest BCUT2D eigenvalue weighted by Gasteiger charge is 2.16. The van der Waals surface area contributed by atoms with Crippen LogP contribution in [-0.4, -0.2) is 42.7 Å². The molecule has 0 amide bonds. The van der Waals surface area contributed by atoms with Crippen molar-refractivity contribution < 1.29 is 9.90 Å². The van der Waals surface area contributed by atoms with Crippen LogP contribution in [-0.2, 0) is 0 Å². The Balaban J connectivity index is 1.95. The molecule has 2 rings (SSSR count). The van der Waals surface area contributed by atoms with Crippen LogP contribution < -0.4 is 5.32 Å². The summed E-state index contributed by atoms with van der Waals surface area (Å²) >= 11 is 0. The van der Waals surface area contributed by atoms with Crippen molar-refractivity contribution >= 4 is 11.7 Å². The number of hydrogen-bond donors (Lipinski definition) is 2. The zero-order chi connectivity index (χ0) is 13.8. The Kier molecular flexibility index (Phi) is 4.43. The first-order valence-electron chi connectivity index (χ1n) is 6.82. The summed E-state index contributed by atoms with van der Waals surface area (Å²) in [7, 11) is 2.16. The van der Waals surface area contributed by atoms with E-state index in [4.69, 9.17) is 5.11 Å². The van der Waals surface area contributed by atoms with E-state index >= 15 is 0 Å². The fourth-order valence-corrected chi connectivity index (χ4v) is 2.47. The van der Waals surface area contributed by atoms with Gasteiger partial charge in [-0.3, -0.25) is 0 Å². The Labute approximate surface area is 114 Å². The number of rotatable bonds is 4. The lowest BCUT2D eigenvalue weighted by Crippen LogP contribution is -2.33. The van der Waals surface area contributed by atoms with Crippen molar-refractivity contribution in [1.82, 2.24) is 4.90 Å². The third kappa shape index (κ3) is 3.70. The number of benzene rings is 1. The third-order valence-electron chi connectivity index (χ3n) is 3.90. The van der Waals surface area contributed by atoms with Gasteiger partial charge in [-0.25, -0.2) is 4.79 Å². The molecule has 0 aliphatic carbocycles. The van der Waals surface area contributed by atoms with E-state index in [9.17, 15) is 4.79 Å². The molecule has 1 aliphatic heterocycles. The first kappa shape index (κ1) is 13.9. The number of aryl methyl sites for hydroxylation is 1. The summed E-state index contributed by atoms with van der Waals surface area (Å²) in [5.41, 5.74) is 2.38. The first-order valence-corrected chi connectivity index (χ1v) is 6.82. The molecule has 1 saturated heterocycles. The van der Waals surface area contributed by atoms with Gasteiger partial charge in [-0.2, -0.15) is 0 Å². The molecule has 4 nitrogen and oxygen atoms in total. The molecule has 4 heteroatoms. The highest BCUT2D eigenvalue weighted by molar-refractivity contribution is 5.89. The highest BCUT2D eigenvalue weighted by Crippen LogP contribution is 2.20. The van der Waals surface area contributed by atoms with Crippen LogP contribution >= 0.6 is 0 Å². The summed E-state index contributed by atoms with van der Waals surface area (Å²) in [6.45, 7) is 5.24. The van der Waals surface area contributed by atoms with Crippen LogP contribution in [0.4, 0.5) is 5.69 Å². The summed E-state index contributed by atoms with van der Waals surface area (Å²) in [6, 6.07) is 5.24. The lowest BCUT2D eigenvalue weighted by molar-refractivity contribution is 0.0697. The van der Waals surface area contributed by atoms with Gasteiger partial charge in [0.25, 0.3) is 0 Å². The number of piperidine rings is 1. The lowest BCUT2D eigenvalue weighted by Gasteiger charge is -2.29. The monoisotopic (exact) mass is 262 g/mol. The van der Waals surface area contributed by atoms with Crippen LogP contribution in [0, 0.1) is 12.8 Å². The molecule has 1 fully saturated rings. The summed E-state index contributed by atoms with van der Waals surface area (Å²) in [6.07, 6.45) is 2.42. The molecular weight excluding hydrogens is 240 g/mol. The quantitative estimate of drug-likeness (QED) is 0.875. The van der Waals surface area contributed by atoms with Gasteiger partial charge >= 0.3 is 5.97 Å². The van der Waals surface area contributed by atoms with Gasteiger partial charge in [-0.15, -0.1) is 0 Å². The zero-order valence-corrected chi connectivity index (χ0v) is 11.6. The second-order valence-electron chi connectivity index (χ2n) is 5.46. The van der Waals surface area contributed by atoms with Crippen LogP contribution in [0.25, 0.3) is 0 Å². The minimum Gasteiger partial charge on any atom is -0.478 e. The number of nitrogens with one attached hydrogen (secondary N) is 1. The Bertz CT molecular complexity index is 451. The number of nitrogens with zero attached hydrogens (tertiary/aromatic N) is 1. The fraction of sp³-hybridized carbons (Fsp3) is 0.533. The smallest absolute Gasteiger partial charge is 0.335 e. The van der Waals surface area contributed by atoms with Crippen molar-refractivity contribution in [3.63, 3.8) is 0 Å². The molecule has 104 valence electrons. The van der Waals surface area contributed by atoms with Crippen molar-refractivity contribution in [3.8, 4) is 0 Å². The summed E-state index contributed by atoms with van der Waals surface area (Å²) in [4.78, 5) is 13.3. The molecule has 19 heavy (non-hydrogen) atoms. The van der Waals surface area contributed by atoms with Crippen molar-refractivity contribution in [2.24, 2.45) is 5.92 Å². The minimum absolute atomic E-state index is 0.344. The van der Waals surface area contributed by atoms with Gasteiger partial charge in [-0.05, 0) is 63.5 Å². The van der Waals surface area contributed by atoms with Gasteiger partial charge in [-0.1, -0.05) is 6.07 Å². The standard InChI is InChI=1S/C15H22N2O2/c1-11-3-4-13(15(18)19)9-14(11)16-10-12-5-7-17(2)8-6-12/h3-4,9,12,16H,5-8,10H2,1-2H3,(H,18,19). The maximum Gasteiger partial charge on any atom is 0.335 e. The molecule has 0 atom stereocenters. The second kappa shape index (κ2) is 6.06. The van der Waals surface area contributed by atoms with Gasteiger partial charge in [0.15, 0.2) is 0 Å². The maximum atomic E-state index is 11.0. The number of carboxylic acids is 1. The molecule has 1 heterocycles. The van der Waals surface area contributed by atoms with Crippen molar-refractivity contribution in [2.45, 2.75) is 19.8 Å². The highest BCUT2D eigenvalue weighted by atomic mass is 16.4. The van der Waals surface area contributed by atoms with Gasteiger partial charge in [0.2, 0.25) is 0 Å². The zero-order valence-electron chi connectivity index (χ0n) is 11.6. The number of likely N-dealkylation sites (tertiary alicyclic amines) is 1. The summed E-state index contributed by atoms with van der Waals surface area (Å²) < 4.78 is 0. The number of carboxylic acid groups (broad SMARTS) is 1. The van der Waals surface area contributed by atoms with Crippen molar-refractivity contribution in [1.29, 1.82) is 0 Å². The van der Waals surface area contributed by atoms with Crippen LogP contribution in [0.1, 0.15) is 28.8 Å². The second-order valence-corrected chi connectivity index (χ2v) is 5.46. The molecule has 0 radical (unpaired) electrons. The SMILES string of the molecule is Cc1ccc(C(=O)O)cc1NCC1CCN(C)CC1. The molecule has 2 N–H and O–H groups in total. The Morgan fingerprint density at radius 2 is 2.11 bits per heavy atom. The predicted molar refractivity (Wildman–Crippen MR) is 76.8 cm³/mol. The van der Waals surface area contributed by atoms with Crippen LogP contribution in [0.5, 0.6) is 0 Å². The Morgan fingerprint density at radius 3 is 2.74 bits per heavy atom. The van der Waals surface area contributed by atoms with Gasteiger partial charge in [0, 0.05) is 12.2 Å². The van der Waals surface area contributed by atoms with E-state index in [2.05, 4.69) is 17.3 Å². The largest absolute Gasteiger partial charge is 0.478 e. The van der Waals surface area contributed by atoms with Gasteiger partial charge in [0.1, 0.15) is 0 Å². The molecule has 0 bridgehead atoms. The molecule has 0 aromatic heterocycles. The van der Waals surface area contributed by atoms with Crippen LogP contribution in [0.2, 0.25) is 0 Å². The predicted octanol–water partition coefficient (Wildman–Crippen LogP) is 2.45. The minimum atomic E-state index is -0.873. The molecule has 0 unspecified atom stereocenters. The van der Waals surface area contributed by atoms with E-state index in [1.165, 1.54) is 12.8 Å². The average Bonchev–Trinajstić information content (AvgIpc) is 2.39. The molecule has 1 aromatic carbocycles. The van der Waals surface area contributed by atoms with Gasteiger partial charge in [0.05, 0.1) is 5.56 Å². The number of carbonyl (C=O) groups is 1. The van der Waals surface area contributed by atoms with E-state index in [0.717, 1.165) is 30.9 Å². The molecule has 0 saturated carbocycles. The average molecular weight is 262 g/mol. The summed E-state index contributed by atoms with van der Waals surface area (Å²) in [5.74, 6) is -0.188. The third-order valence-corrected chi connectivity index (χ3v) is 3.90. The van der Waals surface area contributed by atoms with Crippen LogP contribution in [0.15, 0.2) is 18.2 Å². The maximum absolute atomic E-state index is 11.0. The van der Waals surface area contributed by atoms with E-state index in [0.29, 0.717) is 11.5 Å². The fourth-order valence-electron chi connectivity index (χ4n) is 2.47. The van der Waals surface area contributed by atoms with Crippen molar-refractivity contribution in [2.75, 3.05) is 32.0 Å². The lowest BCUT2D eigenvalue weighted by atomic mass is 9.97. The topological polar surface area (TPSA) is 52.6 Å². The Morgan fingerprint density at radius 1 is 1.42 bits per heavy atom. The van der Waals surface area contributed by atoms with E-state index in [1.54, 1.807) is 12.1 Å². The van der Waals surface area contributed by atoms with Crippen LogP contribution in [0.3, 0.4) is 0 Å². The van der Waals surface area contributed by atoms with E-state index in [-0.39, 0.29) is 0 Å².